The maximum atomic E-state index is 13.1. The largest absolute Gasteiger partial charge is 0.354 e. The third kappa shape index (κ3) is 2.76. The Hall–Kier alpha value is -2.81. The van der Waals surface area contributed by atoms with E-state index < -0.39 is 0 Å². The van der Waals surface area contributed by atoms with Gasteiger partial charge in [0.15, 0.2) is 0 Å². The third-order valence-electron chi connectivity index (χ3n) is 5.14. The smallest absolute Gasteiger partial charge is 0.232 e. The molecule has 4 rings (SSSR count). The van der Waals surface area contributed by atoms with Crippen molar-refractivity contribution in [3.63, 3.8) is 0 Å². The molecule has 0 spiro atoms. The first-order valence-electron chi connectivity index (χ1n) is 8.71. The van der Waals surface area contributed by atoms with Gasteiger partial charge in [-0.1, -0.05) is 42.0 Å². The number of benzene rings is 1. The van der Waals surface area contributed by atoms with Crippen LogP contribution in [0.3, 0.4) is 0 Å². The van der Waals surface area contributed by atoms with Gasteiger partial charge in [-0.25, -0.2) is 0 Å². The zero-order valence-electron chi connectivity index (χ0n) is 14.6. The Morgan fingerprint density at radius 1 is 1.04 bits per heavy atom. The lowest BCUT2D eigenvalue weighted by Crippen LogP contribution is -2.41. The first-order valence-corrected chi connectivity index (χ1v) is 8.71. The van der Waals surface area contributed by atoms with Crippen LogP contribution in [0, 0.1) is 12.8 Å². The Morgan fingerprint density at radius 3 is 2.56 bits per heavy atom. The number of fused-ring (bicyclic) bond motifs is 1. The molecular weight excluding hydrogens is 308 g/mol. The molecule has 2 atom stereocenters. The number of rotatable bonds is 2. The summed E-state index contributed by atoms with van der Waals surface area (Å²) in [7, 11) is 2.05. The van der Waals surface area contributed by atoms with Gasteiger partial charge in [-0.2, -0.15) is 0 Å². The first kappa shape index (κ1) is 15.7. The molecule has 1 fully saturated rings. The molecule has 0 saturated carbocycles. The minimum absolute atomic E-state index is 0.154. The lowest BCUT2D eigenvalue weighted by molar-refractivity contribution is -0.119. The van der Waals surface area contributed by atoms with Crippen LogP contribution in [0.2, 0.25) is 0 Å². The second kappa shape index (κ2) is 6.25. The highest BCUT2D eigenvalue weighted by Crippen LogP contribution is 2.43. The van der Waals surface area contributed by atoms with Crippen molar-refractivity contribution in [2.24, 2.45) is 13.0 Å². The van der Waals surface area contributed by atoms with Crippen LogP contribution >= 0.6 is 0 Å². The van der Waals surface area contributed by atoms with Crippen LogP contribution in [-0.2, 0) is 11.8 Å². The molecule has 0 radical (unpaired) electrons. The molecule has 1 saturated heterocycles. The average Bonchev–Trinajstić information content (AvgIpc) is 2.88. The summed E-state index contributed by atoms with van der Waals surface area (Å²) in [5.74, 6) is 0.500. The van der Waals surface area contributed by atoms with Gasteiger partial charge in [0.05, 0.1) is 0 Å². The standard InChI is InChI=1S/C22H22N2O/c1-16-10-12-17(13-11-16)24-21-8-5-3-4-7-18(21)19(15-22(24)25)20-9-6-14-23(20)2/h3-14,18-19H,15H2,1-2H3/t18-,19+/m0/s1. The number of aryl methyl sites for hydroxylation is 2. The van der Waals surface area contributed by atoms with Gasteiger partial charge in [-0.3, -0.25) is 9.69 Å². The van der Waals surface area contributed by atoms with Crippen LogP contribution in [0.15, 0.2) is 78.7 Å². The van der Waals surface area contributed by atoms with Crippen LogP contribution < -0.4 is 4.90 Å². The van der Waals surface area contributed by atoms with Crippen molar-refractivity contribution in [3.8, 4) is 0 Å². The number of carbonyl (C=O) groups is 1. The number of allylic oxidation sites excluding steroid dienone is 5. The molecule has 1 aromatic heterocycles. The zero-order chi connectivity index (χ0) is 17.4. The molecule has 1 aliphatic carbocycles. The molecule has 0 unspecified atom stereocenters. The molecule has 3 nitrogen and oxygen atoms in total. The van der Waals surface area contributed by atoms with Crippen LogP contribution in [-0.4, -0.2) is 10.5 Å². The summed E-state index contributed by atoms with van der Waals surface area (Å²) in [5.41, 5.74) is 4.40. The second-order valence-electron chi connectivity index (χ2n) is 6.81. The van der Waals surface area contributed by atoms with E-state index in [2.05, 4.69) is 47.9 Å². The van der Waals surface area contributed by atoms with E-state index in [4.69, 9.17) is 0 Å². The van der Waals surface area contributed by atoms with Crippen LogP contribution in [0.5, 0.6) is 0 Å². The summed E-state index contributed by atoms with van der Waals surface area (Å²) in [5, 5.41) is 0. The topological polar surface area (TPSA) is 25.2 Å². The van der Waals surface area contributed by atoms with Gasteiger partial charge in [0.2, 0.25) is 5.91 Å². The lowest BCUT2D eigenvalue weighted by atomic mass is 9.79. The lowest BCUT2D eigenvalue weighted by Gasteiger charge is -2.39. The fourth-order valence-corrected chi connectivity index (χ4v) is 3.86. The highest BCUT2D eigenvalue weighted by molar-refractivity contribution is 5.98. The summed E-state index contributed by atoms with van der Waals surface area (Å²) in [6.07, 6.45) is 13.0. The molecule has 2 aliphatic rings. The predicted molar refractivity (Wildman–Crippen MR) is 101 cm³/mol. The Morgan fingerprint density at radius 2 is 1.84 bits per heavy atom. The van der Waals surface area contributed by atoms with E-state index in [9.17, 15) is 4.79 Å². The van der Waals surface area contributed by atoms with E-state index in [1.807, 2.05) is 48.5 Å². The fraction of sp³-hybridized carbons (Fsp3) is 0.227. The number of aromatic nitrogens is 1. The van der Waals surface area contributed by atoms with Crippen LogP contribution in [0.1, 0.15) is 23.6 Å². The number of hydrogen-bond acceptors (Lipinski definition) is 1. The number of amides is 1. The maximum absolute atomic E-state index is 13.1. The van der Waals surface area contributed by atoms with Gasteiger partial charge in [-0.15, -0.1) is 0 Å². The molecule has 25 heavy (non-hydrogen) atoms. The predicted octanol–water partition coefficient (Wildman–Crippen LogP) is 4.48. The van der Waals surface area contributed by atoms with E-state index in [1.165, 1.54) is 11.3 Å². The Kier molecular flexibility index (Phi) is 3.92. The number of anilines is 1. The normalized spacial score (nSPS) is 22.6. The summed E-state index contributed by atoms with van der Waals surface area (Å²) < 4.78 is 2.13. The SMILES string of the molecule is Cc1ccc(N2C(=O)C[C@@H](c3cccn3C)[C@@H]3C=CC=CC=C32)cc1. The highest BCUT2D eigenvalue weighted by atomic mass is 16.2. The minimum atomic E-state index is 0.154. The van der Waals surface area contributed by atoms with Crippen molar-refractivity contribution < 1.29 is 4.79 Å². The van der Waals surface area contributed by atoms with E-state index >= 15 is 0 Å². The van der Waals surface area contributed by atoms with E-state index in [1.54, 1.807) is 0 Å². The molecule has 3 heteroatoms. The Balaban J connectivity index is 1.80. The van der Waals surface area contributed by atoms with Gasteiger partial charge in [0, 0.05) is 48.6 Å². The van der Waals surface area contributed by atoms with Crippen molar-refractivity contribution in [2.75, 3.05) is 4.90 Å². The van der Waals surface area contributed by atoms with E-state index in [0.29, 0.717) is 6.42 Å². The quantitative estimate of drug-likeness (QED) is 0.797. The van der Waals surface area contributed by atoms with E-state index in [-0.39, 0.29) is 17.7 Å². The third-order valence-corrected chi connectivity index (χ3v) is 5.14. The number of carbonyl (C=O) groups excluding carboxylic acids is 1. The molecule has 2 aromatic rings. The van der Waals surface area contributed by atoms with Gasteiger partial charge in [-0.05, 0) is 37.3 Å². The monoisotopic (exact) mass is 330 g/mol. The van der Waals surface area contributed by atoms with Crippen molar-refractivity contribution in [2.45, 2.75) is 19.3 Å². The van der Waals surface area contributed by atoms with Crippen molar-refractivity contribution >= 4 is 11.6 Å². The Bertz CT molecular complexity index is 883. The fourth-order valence-electron chi connectivity index (χ4n) is 3.86. The van der Waals surface area contributed by atoms with Crippen molar-refractivity contribution in [1.29, 1.82) is 0 Å². The second-order valence-corrected chi connectivity index (χ2v) is 6.81. The first-order chi connectivity index (χ1) is 12.1. The average molecular weight is 330 g/mol. The molecule has 126 valence electrons. The molecule has 1 aliphatic heterocycles. The molecule has 1 aromatic carbocycles. The van der Waals surface area contributed by atoms with Crippen LogP contribution in [0.25, 0.3) is 0 Å². The Labute approximate surface area is 148 Å². The number of nitrogens with zero attached hydrogens (tertiary/aromatic N) is 2. The molecular formula is C22H22N2O. The van der Waals surface area contributed by atoms with Gasteiger partial charge < -0.3 is 4.57 Å². The number of piperidine rings is 1. The minimum Gasteiger partial charge on any atom is -0.354 e. The summed E-state index contributed by atoms with van der Waals surface area (Å²) in [4.78, 5) is 15.0. The summed E-state index contributed by atoms with van der Waals surface area (Å²) in [6, 6.07) is 12.4. The number of hydrogen-bond donors (Lipinski definition) is 0. The summed E-state index contributed by atoms with van der Waals surface area (Å²) in [6.45, 7) is 2.06. The summed E-state index contributed by atoms with van der Waals surface area (Å²) >= 11 is 0. The van der Waals surface area contributed by atoms with Crippen molar-refractivity contribution in [1.82, 2.24) is 4.57 Å². The molecule has 1 amide bonds. The molecule has 0 bridgehead atoms. The van der Waals surface area contributed by atoms with Gasteiger partial charge >= 0.3 is 0 Å². The highest BCUT2D eigenvalue weighted by Gasteiger charge is 2.39. The molecule has 2 heterocycles. The van der Waals surface area contributed by atoms with Gasteiger partial charge in [0.1, 0.15) is 0 Å². The van der Waals surface area contributed by atoms with Crippen molar-refractivity contribution in [3.05, 3.63) is 89.9 Å². The maximum Gasteiger partial charge on any atom is 0.232 e. The van der Waals surface area contributed by atoms with Crippen LogP contribution in [0.4, 0.5) is 5.69 Å². The van der Waals surface area contributed by atoms with E-state index in [0.717, 1.165) is 11.4 Å². The van der Waals surface area contributed by atoms with Gasteiger partial charge in [0.25, 0.3) is 0 Å². The molecule has 0 N–H and O–H groups in total. The zero-order valence-corrected chi connectivity index (χ0v) is 14.6.